The maximum atomic E-state index is 4.81. The minimum Gasteiger partial charge on any atom is -0.256 e. The number of rotatable bonds is 2. The number of hydrogen-bond acceptors (Lipinski definition) is 1. The molecule has 8 rings (SSSR count). The van der Waals surface area contributed by atoms with Crippen molar-refractivity contribution in [1.82, 2.24) is 4.98 Å². The third kappa shape index (κ3) is 3.52. The molecule has 0 fully saturated rings. The summed E-state index contributed by atoms with van der Waals surface area (Å²) in [6.45, 7) is 11.1. The number of aromatic nitrogens is 1. The van der Waals surface area contributed by atoms with Gasteiger partial charge in [-0.05, 0) is 97.7 Å². The van der Waals surface area contributed by atoms with Crippen molar-refractivity contribution in [3.8, 4) is 33.4 Å². The van der Waals surface area contributed by atoms with Crippen LogP contribution in [0, 0.1) is 13.8 Å². The van der Waals surface area contributed by atoms with Crippen molar-refractivity contribution in [3.05, 3.63) is 140 Å². The normalized spacial score (nSPS) is 11.4. The van der Waals surface area contributed by atoms with E-state index in [1.807, 2.05) is 12.3 Å². The zero-order valence-corrected chi connectivity index (χ0v) is 22.8. The van der Waals surface area contributed by atoms with Gasteiger partial charge in [-0.2, -0.15) is 0 Å². The molecule has 0 saturated carbocycles. The SMILES string of the molecule is C=CC=C.Cc1ccc2c(c1)c(-c1cccc3cccnc13)cc1c3ccc(C)c4c3c(cc21)-c1ccccc1-4. The molecule has 7 aromatic rings. The van der Waals surface area contributed by atoms with Crippen LogP contribution in [0.1, 0.15) is 11.1 Å². The molecule has 0 unspecified atom stereocenters. The van der Waals surface area contributed by atoms with Crippen molar-refractivity contribution < 1.29 is 0 Å². The van der Waals surface area contributed by atoms with E-state index in [0.717, 1.165) is 5.52 Å². The molecule has 0 atom stereocenters. The van der Waals surface area contributed by atoms with Gasteiger partial charge in [0.15, 0.2) is 0 Å². The van der Waals surface area contributed by atoms with Gasteiger partial charge in [0.1, 0.15) is 0 Å². The van der Waals surface area contributed by atoms with E-state index >= 15 is 0 Å². The van der Waals surface area contributed by atoms with Crippen molar-refractivity contribution in [2.24, 2.45) is 0 Å². The van der Waals surface area contributed by atoms with Crippen LogP contribution in [0.25, 0.3) is 76.6 Å². The van der Waals surface area contributed by atoms with E-state index in [2.05, 4.69) is 118 Å². The van der Waals surface area contributed by atoms with Gasteiger partial charge in [0.05, 0.1) is 5.52 Å². The average Bonchev–Trinajstić information content (AvgIpc) is 3.33. The predicted molar refractivity (Wildman–Crippen MR) is 174 cm³/mol. The minimum absolute atomic E-state index is 1.05. The summed E-state index contributed by atoms with van der Waals surface area (Å²) >= 11 is 0. The standard InChI is InChI=1S/C35H23N.C4H6/c1-20-12-14-24-28(17-20)31(27-11-5-7-22-8-6-16-36-35(22)27)18-30-26-15-13-21(2)33-25-10-4-3-9-23(25)32(34(26)33)19-29(24)30;1-3-4-2/h3-19H,1-2H3;3-4H,1-2H2. The van der Waals surface area contributed by atoms with E-state index in [9.17, 15) is 0 Å². The van der Waals surface area contributed by atoms with Crippen molar-refractivity contribution >= 4 is 43.2 Å². The summed E-state index contributed by atoms with van der Waals surface area (Å²) in [6, 6.07) is 35.9. The number of pyridine rings is 1. The fraction of sp³-hybridized carbons (Fsp3) is 0.0513. The number of para-hydroxylation sites is 1. The molecule has 1 aliphatic rings. The topological polar surface area (TPSA) is 12.9 Å². The Hall–Kier alpha value is -5.01. The van der Waals surface area contributed by atoms with Crippen molar-refractivity contribution in [1.29, 1.82) is 0 Å². The molecule has 0 radical (unpaired) electrons. The van der Waals surface area contributed by atoms with Gasteiger partial charge in [0, 0.05) is 17.1 Å². The summed E-state index contributed by atoms with van der Waals surface area (Å²) in [4.78, 5) is 4.81. The highest BCUT2D eigenvalue weighted by Gasteiger charge is 2.25. The van der Waals surface area contributed by atoms with Gasteiger partial charge < -0.3 is 0 Å². The predicted octanol–water partition coefficient (Wildman–Crippen LogP) is 11.0. The molecule has 0 amide bonds. The fourth-order valence-electron chi connectivity index (χ4n) is 6.41. The second-order valence-electron chi connectivity index (χ2n) is 10.6. The Morgan fingerprint density at radius 1 is 0.550 bits per heavy atom. The molecule has 190 valence electrons. The van der Waals surface area contributed by atoms with E-state index in [0.29, 0.717) is 0 Å². The summed E-state index contributed by atoms with van der Waals surface area (Å²) in [7, 11) is 0. The molecule has 40 heavy (non-hydrogen) atoms. The molecule has 0 bridgehead atoms. The van der Waals surface area contributed by atoms with Crippen LogP contribution in [-0.2, 0) is 0 Å². The first kappa shape index (κ1) is 24.1. The smallest absolute Gasteiger partial charge is 0.0780 e. The van der Waals surface area contributed by atoms with Gasteiger partial charge in [-0.1, -0.05) is 110 Å². The van der Waals surface area contributed by atoms with Crippen LogP contribution >= 0.6 is 0 Å². The highest BCUT2D eigenvalue weighted by Crippen LogP contribution is 2.52. The van der Waals surface area contributed by atoms with Crippen LogP contribution < -0.4 is 0 Å². The minimum atomic E-state index is 1.05. The largest absolute Gasteiger partial charge is 0.256 e. The van der Waals surface area contributed by atoms with Gasteiger partial charge >= 0.3 is 0 Å². The molecule has 1 aliphatic carbocycles. The molecule has 0 aliphatic heterocycles. The molecule has 0 spiro atoms. The van der Waals surface area contributed by atoms with E-state index < -0.39 is 0 Å². The lowest BCUT2D eigenvalue weighted by Gasteiger charge is -2.16. The molecular weight excluding hydrogens is 482 g/mol. The summed E-state index contributed by atoms with van der Waals surface area (Å²) < 4.78 is 0. The van der Waals surface area contributed by atoms with Crippen molar-refractivity contribution in [3.63, 3.8) is 0 Å². The summed E-state index contributed by atoms with van der Waals surface area (Å²) in [5.41, 5.74) is 11.5. The molecule has 1 nitrogen and oxygen atoms in total. The number of hydrogen-bond donors (Lipinski definition) is 0. The lowest BCUT2D eigenvalue weighted by molar-refractivity contribution is 1.41. The lowest BCUT2D eigenvalue weighted by atomic mass is 9.87. The summed E-state index contributed by atoms with van der Waals surface area (Å²) in [6.07, 6.45) is 5.18. The van der Waals surface area contributed by atoms with Crippen LogP contribution in [-0.4, -0.2) is 4.98 Å². The van der Waals surface area contributed by atoms with Gasteiger partial charge in [0.2, 0.25) is 0 Å². The summed E-state index contributed by atoms with van der Waals surface area (Å²) in [5, 5.41) is 9.09. The fourth-order valence-corrected chi connectivity index (χ4v) is 6.41. The Morgan fingerprint density at radius 2 is 1.25 bits per heavy atom. The Bertz CT molecular complexity index is 2150. The van der Waals surface area contributed by atoms with Crippen molar-refractivity contribution in [2.75, 3.05) is 0 Å². The Morgan fingerprint density at radius 3 is 2.08 bits per heavy atom. The zero-order valence-electron chi connectivity index (χ0n) is 22.8. The monoisotopic (exact) mass is 511 g/mol. The first-order valence-corrected chi connectivity index (χ1v) is 13.7. The average molecular weight is 512 g/mol. The highest BCUT2D eigenvalue weighted by atomic mass is 14.6. The number of allylic oxidation sites excluding steroid dienone is 2. The molecule has 6 aromatic carbocycles. The van der Waals surface area contributed by atoms with Crippen molar-refractivity contribution in [2.45, 2.75) is 13.8 Å². The third-order valence-electron chi connectivity index (χ3n) is 8.17. The van der Waals surface area contributed by atoms with Gasteiger partial charge in [-0.3, -0.25) is 4.98 Å². The van der Waals surface area contributed by atoms with Gasteiger partial charge in [-0.15, -0.1) is 0 Å². The van der Waals surface area contributed by atoms with E-state index in [1.54, 1.807) is 12.2 Å². The molecule has 0 N–H and O–H groups in total. The molecule has 0 saturated heterocycles. The van der Waals surface area contributed by atoms with Crippen LogP contribution in [0.2, 0.25) is 0 Å². The second kappa shape index (κ2) is 9.32. The Balaban J connectivity index is 0.000000623. The number of nitrogens with zero attached hydrogens (tertiary/aromatic N) is 1. The van der Waals surface area contributed by atoms with E-state index in [1.165, 1.54) is 82.2 Å². The maximum absolute atomic E-state index is 4.81. The van der Waals surface area contributed by atoms with Crippen LogP contribution in [0.5, 0.6) is 0 Å². The van der Waals surface area contributed by atoms with Crippen LogP contribution in [0.3, 0.4) is 0 Å². The lowest BCUT2D eigenvalue weighted by Crippen LogP contribution is -1.90. The van der Waals surface area contributed by atoms with E-state index in [4.69, 9.17) is 4.98 Å². The van der Waals surface area contributed by atoms with Crippen LogP contribution in [0.4, 0.5) is 0 Å². The third-order valence-corrected chi connectivity index (χ3v) is 8.17. The molecule has 1 aromatic heterocycles. The zero-order chi connectivity index (χ0) is 27.4. The Kier molecular flexibility index (Phi) is 5.61. The summed E-state index contributed by atoms with van der Waals surface area (Å²) in [5.74, 6) is 0. The molecule has 1 heteroatoms. The maximum Gasteiger partial charge on any atom is 0.0780 e. The highest BCUT2D eigenvalue weighted by molar-refractivity contribution is 6.29. The molecule has 1 heterocycles. The van der Waals surface area contributed by atoms with E-state index in [-0.39, 0.29) is 0 Å². The first-order valence-electron chi connectivity index (χ1n) is 13.7. The van der Waals surface area contributed by atoms with Gasteiger partial charge in [0.25, 0.3) is 0 Å². The first-order chi connectivity index (χ1) is 19.6. The Labute approximate surface area is 234 Å². The number of benzene rings is 6. The second-order valence-corrected chi connectivity index (χ2v) is 10.6. The quantitative estimate of drug-likeness (QED) is 0.166. The number of fused-ring (bicyclic) bond motifs is 8. The number of aryl methyl sites for hydroxylation is 2. The van der Waals surface area contributed by atoms with Crippen LogP contribution in [0.15, 0.2) is 129 Å². The molecular formula is C39H29N. The van der Waals surface area contributed by atoms with Gasteiger partial charge in [-0.25, -0.2) is 0 Å².